The van der Waals surface area contributed by atoms with Crippen molar-refractivity contribution in [1.29, 1.82) is 0 Å². The van der Waals surface area contributed by atoms with Crippen molar-refractivity contribution in [3.63, 3.8) is 0 Å². The van der Waals surface area contributed by atoms with Crippen molar-refractivity contribution in [3.05, 3.63) is 65.7 Å². The Hall–Kier alpha value is -1.41. The third-order valence-corrected chi connectivity index (χ3v) is 3.60. The minimum absolute atomic E-state index is 0.275. The Labute approximate surface area is 114 Å². The van der Waals surface area contributed by atoms with Crippen LogP contribution in [0.25, 0.3) is 0 Å². The summed E-state index contributed by atoms with van der Waals surface area (Å²) >= 11 is 0. The van der Waals surface area contributed by atoms with Crippen LogP contribution >= 0.6 is 8.60 Å². The predicted octanol–water partition coefficient (Wildman–Crippen LogP) is 3.60. The predicted molar refractivity (Wildman–Crippen MR) is 77.0 cm³/mol. The van der Waals surface area contributed by atoms with Gasteiger partial charge in [0.2, 0.25) is 0 Å². The molecule has 100 valence electrons. The summed E-state index contributed by atoms with van der Waals surface area (Å²) in [6, 6.07) is 17.5. The lowest BCUT2D eigenvalue weighted by Gasteiger charge is -2.28. The SMILES string of the molecule is CC(C)(c1ccccc1)c1ccccc1OP(O)O. The van der Waals surface area contributed by atoms with Gasteiger partial charge in [-0.05, 0) is 11.6 Å². The summed E-state index contributed by atoms with van der Waals surface area (Å²) in [5, 5.41) is 0. The van der Waals surface area contributed by atoms with Crippen LogP contribution in [0.15, 0.2) is 54.6 Å². The molecule has 0 saturated carbocycles. The first-order chi connectivity index (χ1) is 9.01. The van der Waals surface area contributed by atoms with Gasteiger partial charge in [-0.1, -0.05) is 62.4 Å². The molecule has 2 aromatic rings. The van der Waals surface area contributed by atoms with Crippen LogP contribution in [0.4, 0.5) is 0 Å². The quantitative estimate of drug-likeness (QED) is 0.839. The van der Waals surface area contributed by atoms with E-state index < -0.39 is 8.60 Å². The maximum Gasteiger partial charge on any atom is 0.391 e. The van der Waals surface area contributed by atoms with E-state index in [1.165, 1.54) is 0 Å². The van der Waals surface area contributed by atoms with E-state index in [1.807, 2.05) is 36.4 Å². The highest BCUT2D eigenvalue weighted by Crippen LogP contribution is 2.40. The average Bonchev–Trinajstić information content (AvgIpc) is 2.39. The molecule has 19 heavy (non-hydrogen) atoms. The first kappa shape index (κ1) is 14.0. The molecular weight excluding hydrogens is 259 g/mol. The molecule has 0 spiro atoms. The molecule has 0 radical (unpaired) electrons. The zero-order chi connectivity index (χ0) is 13.9. The lowest BCUT2D eigenvalue weighted by molar-refractivity contribution is 0.371. The van der Waals surface area contributed by atoms with Crippen LogP contribution in [-0.4, -0.2) is 9.79 Å². The van der Waals surface area contributed by atoms with Crippen LogP contribution in [0, 0.1) is 0 Å². The number of hydrogen-bond donors (Lipinski definition) is 2. The normalized spacial score (nSPS) is 11.6. The molecule has 0 aliphatic rings. The van der Waals surface area contributed by atoms with Crippen molar-refractivity contribution in [3.8, 4) is 5.75 Å². The highest BCUT2D eigenvalue weighted by atomic mass is 31.2. The fourth-order valence-corrected chi connectivity index (χ4v) is 2.50. The summed E-state index contributed by atoms with van der Waals surface area (Å²) in [6.07, 6.45) is 0. The van der Waals surface area contributed by atoms with Gasteiger partial charge in [0.05, 0.1) is 0 Å². The Bertz CT molecular complexity index is 538. The van der Waals surface area contributed by atoms with Crippen molar-refractivity contribution >= 4 is 8.60 Å². The summed E-state index contributed by atoms with van der Waals surface area (Å²) in [4.78, 5) is 18.1. The van der Waals surface area contributed by atoms with Gasteiger partial charge in [-0.15, -0.1) is 0 Å². The number of benzene rings is 2. The Morgan fingerprint density at radius 1 is 0.895 bits per heavy atom. The molecule has 0 amide bonds. The summed E-state index contributed by atoms with van der Waals surface area (Å²) < 4.78 is 5.13. The van der Waals surface area contributed by atoms with Gasteiger partial charge in [0.15, 0.2) is 0 Å². The summed E-state index contributed by atoms with van der Waals surface area (Å²) in [5.74, 6) is 0.507. The van der Waals surface area contributed by atoms with Crippen LogP contribution in [-0.2, 0) is 5.41 Å². The second-order valence-corrected chi connectivity index (χ2v) is 5.52. The Morgan fingerprint density at radius 2 is 1.47 bits per heavy atom. The fourth-order valence-electron chi connectivity index (χ4n) is 2.16. The van der Waals surface area contributed by atoms with Gasteiger partial charge in [-0.2, -0.15) is 0 Å². The van der Waals surface area contributed by atoms with E-state index in [-0.39, 0.29) is 5.41 Å². The van der Waals surface area contributed by atoms with E-state index in [4.69, 9.17) is 14.3 Å². The molecule has 2 rings (SSSR count). The summed E-state index contributed by atoms with van der Waals surface area (Å²) in [5.41, 5.74) is 1.80. The van der Waals surface area contributed by atoms with Crippen LogP contribution < -0.4 is 4.52 Å². The van der Waals surface area contributed by atoms with Crippen LogP contribution in [0.5, 0.6) is 5.75 Å². The standard InChI is InChI=1S/C15H17O3P/c1-15(2,12-8-4-3-5-9-12)13-10-6-7-11-14(13)18-19(16)17/h3-11,16-17H,1-2H3. The van der Waals surface area contributed by atoms with Crippen LogP contribution in [0.2, 0.25) is 0 Å². The summed E-state index contributed by atoms with van der Waals surface area (Å²) in [7, 11) is -2.41. The van der Waals surface area contributed by atoms with E-state index in [9.17, 15) is 0 Å². The molecule has 0 aliphatic carbocycles. The third-order valence-electron chi connectivity index (χ3n) is 3.24. The van der Waals surface area contributed by atoms with Gasteiger partial charge in [-0.3, -0.25) is 0 Å². The van der Waals surface area contributed by atoms with Crippen molar-refractivity contribution in [2.24, 2.45) is 0 Å². The van der Waals surface area contributed by atoms with Crippen molar-refractivity contribution in [2.45, 2.75) is 19.3 Å². The fraction of sp³-hybridized carbons (Fsp3) is 0.200. The van der Waals surface area contributed by atoms with Gasteiger partial charge in [0.25, 0.3) is 0 Å². The maximum atomic E-state index is 9.06. The van der Waals surface area contributed by atoms with Gasteiger partial charge in [0, 0.05) is 11.0 Å². The molecule has 0 fully saturated rings. The zero-order valence-corrected chi connectivity index (χ0v) is 11.8. The molecule has 0 heterocycles. The highest BCUT2D eigenvalue weighted by molar-refractivity contribution is 7.39. The molecule has 0 aromatic heterocycles. The summed E-state index contributed by atoms with van der Waals surface area (Å²) in [6.45, 7) is 4.17. The Balaban J connectivity index is 2.46. The molecule has 2 aromatic carbocycles. The number of hydrogen-bond acceptors (Lipinski definition) is 3. The van der Waals surface area contributed by atoms with Gasteiger partial charge >= 0.3 is 8.60 Å². The molecule has 0 bridgehead atoms. The third kappa shape index (κ3) is 3.13. The molecule has 0 saturated heterocycles. The number of rotatable bonds is 4. The zero-order valence-electron chi connectivity index (χ0n) is 10.9. The molecular formula is C15H17O3P. The minimum atomic E-state index is -2.41. The molecule has 0 aliphatic heterocycles. The molecule has 0 unspecified atom stereocenters. The van der Waals surface area contributed by atoms with E-state index in [0.717, 1.165) is 11.1 Å². The molecule has 4 heteroatoms. The van der Waals surface area contributed by atoms with Crippen molar-refractivity contribution in [2.75, 3.05) is 0 Å². The smallest absolute Gasteiger partial charge is 0.391 e. The van der Waals surface area contributed by atoms with Gasteiger partial charge in [-0.25, -0.2) is 0 Å². The molecule has 3 nitrogen and oxygen atoms in total. The Morgan fingerprint density at radius 3 is 2.11 bits per heavy atom. The lowest BCUT2D eigenvalue weighted by atomic mass is 9.78. The van der Waals surface area contributed by atoms with E-state index in [2.05, 4.69) is 26.0 Å². The largest absolute Gasteiger partial charge is 0.427 e. The van der Waals surface area contributed by atoms with Crippen molar-refractivity contribution < 1.29 is 14.3 Å². The molecule has 2 N–H and O–H groups in total. The number of para-hydroxylation sites is 1. The second kappa shape index (κ2) is 5.70. The maximum absolute atomic E-state index is 9.06. The van der Waals surface area contributed by atoms with E-state index >= 15 is 0 Å². The van der Waals surface area contributed by atoms with Crippen LogP contribution in [0.1, 0.15) is 25.0 Å². The topological polar surface area (TPSA) is 49.7 Å². The highest BCUT2D eigenvalue weighted by Gasteiger charge is 2.27. The molecule has 0 atom stereocenters. The van der Waals surface area contributed by atoms with Gasteiger partial charge in [0.1, 0.15) is 5.75 Å². The van der Waals surface area contributed by atoms with E-state index in [1.54, 1.807) is 6.07 Å². The first-order valence-corrected chi connectivity index (χ1v) is 7.19. The van der Waals surface area contributed by atoms with Gasteiger partial charge < -0.3 is 14.3 Å². The average molecular weight is 276 g/mol. The lowest BCUT2D eigenvalue weighted by Crippen LogP contribution is -2.19. The Kier molecular flexibility index (Phi) is 4.20. The minimum Gasteiger partial charge on any atom is -0.427 e. The monoisotopic (exact) mass is 276 g/mol. The van der Waals surface area contributed by atoms with Crippen LogP contribution in [0.3, 0.4) is 0 Å². The van der Waals surface area contributed by atoms with Crippen molar-refractivity contribution in [1.82, 2.24) is 0 Å². The second-order valence-electron chi connectivity index (χ2n) is 4.83. The van der Waals surface area contributed by atoms with E-state index in [0.29, 0.717) is 5.75 Å². The first-order valence-electron chi connectivity index (χ1n) is 6.02.